The summed E-state index contributed by atoms with van der Waals surface area (Å²) in [6.45, 7) is 2.89. The Morgan fingerprint density at radius 3 is 2.72 bits per heavy atom. The average Bonchev–Trinajstić information content (AvgIpc) is 2.58. The second-order valence-electron chi connectivity index (χ2n) is 4.60. The molecule has 0 spiro atoms. The van der Waals surface area contributed by atoms with Crippen LogP contribution in [-0.2, 0) is 9.59 Å². The highest BCUT2D eigenvalue weighted by atomic mass is 16.2. The Hall–Kier alpha value is -1.63. The van der Waals surface area contributed by atoms with E-state index in [4.69, 9.17) is 0 Å². The summed E-state index contributed by atoms with van der Waals surface area (Å²) < 4.78 is 0. The molecule has 2 fully saturated rings. The van der Waals surface area contributed by atoms with Gasteiger partial charge in [0, 0.05) is 26.7 Å². The topological polar surface area (TPSA) is 73.0 Å². The maximum absolute atomic E-state index is 12.0. The molecule has 7 nitrogen and oxygen atoms in total. The highest BCUT2D eigenvalue weighted by Crippen LogP contribution is 2.08. The predicted molar refractivity (Wildman–Crippen MR) is 63.8 cm³/mol. The summed E-state index contributed by atoms with van der Waals surface area (Å²) in [5.74, 6) is -0.459. The summed E-state index contributed by atoms with van der Waals surface area (Å²) in [6, 6.07) is -0.388. The molecule has 2 aliphatic heterocycles. The number of hydrogen-bond acceptors (Lipinski definition) is 4. The van der Waals surface area contributed by atoms with Crippen molar-refractivity contribution in [3.63, 3.8) is 0 Å². The second-order valence-corrected chi connectivity index (χ2v) is 4.60. The first-order valence-corrected chi connectivity index (χ1v) is 6.13. The van der Waals surface area contributed by atoms with Gasteiger partial charge in [0.15, 0.2) is 0 Å². The number of nitrogens with one attached hydrogen (secondary N) is 1. The van der Waals surface area contributed by atoms with Crippen LogP contribution in [0.3, 0.4) is 0 Å². The van der Waals surface area contributed by atoms with Crippen LogP contribution in [-0.4, -0.2) is 78.9 Å². The number of rotatable bonds is 2. The third-order valence-corrected chi connectivity index (χ3v) is 3.22. The van der Waals surface area contributed by atoms with Gasteiger partial charge in [-0.15, -0.1) is 0 Å². The molecule has 1 N–H and O–H groups in total. The molecule has 0 bridgehead atoms. The van der Waals surface area contributed by atoms with Crippen molar-refractivity contribution in [1.82, 2.24) is 20.0 Å². The maximum atomic E-state index is 12.0. The minimum absolute atomic E-state index is 0.0632. The van der Waals surface area contributed by atoms with Gasteiger partial charge < -0.3 is 15.1 Å². The fourth-order valence-electron chi connectivity index (χ4n) is 2.15. The van der Waals surface area contributed by atoms with Crippen molar-refractivity contribution in [2.45, 2.75) is 6.42 Å². The standard InChI is InChI=1S/C11H18N4O3/c1-13-7-10(17)15(11(13)18)8-9(16)14-5-2-3-12-4-6-14/h12H,2-8H2,1H3. The first kappa shape index (κ1) is 12.8. The summed E-state index contributed by atoms with van der Waals surface area (Å²) in [7, 11) is 1.56. The van der Waals surface area contributed by atoms with Crippen molar-refractivity contribution in [2.75, 3.05) is 46.3 Å². The van der Waals surface area contributed by atoms with E-state index in [1.54, 1.807) is 11.9 Å². The molecule has 7 heteroatoms. The molecule has 100 valence electrons. The lowest BCUT2D eigenvalue weighted by atomic mass is 10.3. The Kier molecular flexibility index (Phi) is 3.81. The van der Waals surface area contributed by atoms with E-state index in [1.807, 2.05) is 0 Å². The number of nitrogens with zero attached hydrogens (tertiary/aromatic N) is 3. The van der Waals surface area contributed by atoms with Gasteiger partial charge in [-0.05, 0) is 13.0 Å². The lowest BCUT2D eigenvalue weighted by molar-refractivity contribution is -0.136. The molecule has 0 aromatic carbocycles. The number of hydrogen-bond donors (Lipinski definition) is 1. The molecule has 0 saturated carbocycles. The largest absolute Gasteiger partial charge is 0.340 e. The summed E-state index contributed by atoms with van der Waals surface area (Å²) >= 11 is 0. The molecule has 2 saturated heterocycles. The van der Waals surface area contributed by atoms with E-state index in [0.29, 0.717) is 13.1 Å². The van der Waals surface area contributed by atoms with Crippen LogP contribution in [0.5, 0.6) is 0 Å². The van der Waals surface area contributed by atoms with E-state index < -0.39 is 0 Å². The van der Waals surface area contributed by atoms with E-state index >= 15 is 0 Å². The minimum atomic E-state index is -0.388. The zero-order valence-corrected chi connectivity index (χ0v) is 10.5. The Balaban J connectivity index is 1.94. The van der Waals surface area contributed by atoms with Gasteiger partial charge in [-0.2, -0.15) is 0 Å². The van der Waals surface area contributed by atoms with Gasteiger partial charge in [-0.25, -0.2) is 4.79 Å². The molecular weight excluding hydrogens is 236 g/mol. The van der Waals surface area contributed by atoms with Crippen molar-refractivity contribution in [2.24, 2.45) is 0 Å². The normalized spacial score (nSPS) is 21.5. The zero-order valence-electron chi connectivity index (χ0n) is 10.5. The van der Waals surface area contributed by atoms with Gasteiger partial charge >= 0.3 is 6.03 Å². The van der Waals surface area contributed by atoms with Crippen molar-refractivity contribution in [1.29, 1.82) is 0 Å². The molecule has 0 aromatic heterocycles. The van der Waals surface area contributed by atoms with E-state index in [9.17, 15) is 14.4 Å². The lowest BCUT2D eigenvalue weighted by Crippen LogP contribution is -2.44. The summed E-state index contributed by atoms with van der Waals surface area (Å²) in [6.07, 6.45) is 0.896. The minimum Gasteiger partial charge on any atom is -0.340 e. The molecular formula is C11H18N4O3. The Labute approximate surface area is 106 Å². The smallest absolute Gasteiger partial charge is 0.327 e. The van der Waals surface area contributed by atoms with Crippen LogP contribution >= 0.6 is 0 Å². The molecule has 0 unspecified atom stereocenters. The van der Waals surface area contributed by atoms with E-state index in [-0.39, 0.29) is 30.9 Å². The van der Waals surface area contributed by atoms with Crippen molar-refractivity contribution >= 4 is 17.8 Å². The predicted octanol–water partition coefficient (Wildman–Crippen LogP) is -1.30. The highest BCUT2D eigenvalue weighted by Gasteiger charge is 2.35. The molecule has 18 heavy (non-hydrogen) atoms. The van der Waals surface area contributed by atoms with Crippen LogP contribution in [0.15, 0.2) is 0 Å². The molecule has 0 atom stereocenters. The van der Waals surface area contributed by atoms with E-state index in [0.717, 1.165) is 24.4 Å². The van der Waals surface area contributed by atoms with E-state index in [1.165, 1.54) is 4.90 Å². The van der Waals surface area contributed by atoms with Crippen molar-refractivity contribution in [3.8, 4) is 0 Å². The van der Waals surface area contributed by atoms with Crippen LogP contribution in [0.4, 0.5) is 4.79 Å². The molecule has 0 aliphatic carbocycles. The van der Waals surface area contributed by atoms with Crippen molar-refractivity contribution in [3.05, 3.63) is 0 Å². The lowest BCUT2D eigenvalue weighted by Gasteiger charge is -2.22. The Morgan fingerprint density at radius 1 is 1.28 bits per heavy atom. The zero-order chi connectivity index (χ0) is 13.1. The van der Waals surface area contributed by atoms with Gasteiger partial charge in [-0.3, -0.25) is 14.5 Å². The first-order valence-electron chi connectivity index (χ1n) is 6.13. The number of amides is 4. The van der Waals surface area contributed by atoms with Crippen LogP contribution < -0.4 is 5.32 Å². The number of urea groups is 1. The summed E-state index contributed by atoms with van der Waals surface area (Å²) in [5, 5.41) is 3.20. The monoisotopic (exact) mass is 254 g/mol. The summed E-state index contributed by atoms with van der Waals surface area (Å²) in [5.41, 5.74) is 0. The van der Waals surface area contributed by atoms with Gasteiger partial charge in [0.05, 0.1) is 0 Å². The number of carbonyl (C=O) groups excluding carboxylic acids is 3. The fourth-order valence-corrected chi connectivity index (χ4v) is 2.15. The van der Waals surface area contributed by atoms with Gasteiger partial charge in [-0.1, -0.05) is 0 Å². The third-order valence-electron chi connectivity index (χ3n) is 3.22. The first-order chi connectivity index (χ1) is 8.59. The van der Waals surface area contributed by atoms with Crippen LogP contribution in [0.1, 0.15) is 6.42 Å². The van der Waals surface area contributed by atoms with Crippen molar-refractivity contribution < 1.29 is 14.4 Å². The molecule has 2 rings (SSSR count). The molecule has 2 aliphatic rings. The second kappa shape index (κ2) is 5.34. The van der Waals surface area contributed by atoms with Gasteiger partial charge in [0.25, 0.3) is 5.91 Å². The quantitative estimate of drug-likeness (QED) is 0.622. The fraction of sp³-hybridized carbons (Fsp3) is 0.727. The molecule has 2 heterocycles. The number of imide groups is 1. The average molecular weight is 254 g/mol. The van der Waals surface area contributed by atoms with Gasteiger partial charge in [0.1, 0.15) is 13.1 Å². The molecule has 4 amide bonds. The van der Waals surface area contributed by atoms with E-state index in [2.05, 4.69) is 5.32 Å². The highest BCUT2D eigenvalue weighted by molar-refractivity contribution is 6.04. The third kappa shape index (κ3) is 2.61. The molecule has 0 aromatic rings. The van der Waals surface area contributed by atoms with Gasteiger partial charge in [0.2, 0.25) is 5.91 Å². The molecule has 0 radical (unpaired) electrons. The number of likely N-dealkylation sites (N-methyl/N-ethyl adjacent to an activating group) is 1. The maximum Gasteiger partial charge on any atom is 0.327 e. The Morgan fingerprint density at radius 2 is 2.06 bits per heavy atom. The van der Waals surface area contributed by atoms with Crippen LogP contribution in [0.2, 0.25) is 0 Å². The number of carbonyl (C=O) groups is 3. The SMILES string of the molecule is CN1CC(=O)N(CC(=O)N2CCCNCC2)C1=O. The van der Waals surface area contributed by atoms with Crippen LogP contribution in [0, 0.1) is 0 Å². The van der Waals surface area contributed by atoms with Crippen LogP contribution in [0.25, 0.3) is 0 Å². The summed E-state index contributed by atoms with van der Waals surface area (Å²) in [4.78, 5) is 39.3. The Bertz CT molecular complexity index is 363.